The number of aryl methyl sites for hydroxylation is 1. The Morgan fingerprint density at radius 1 is 1.22 bits per heavy atom. The maximum atomic E-state index is 5.05. The third-order valence-electron chi connectivity index (χ3n) is 2.65. The van der Waals surface area contributed by atoms with Crippen LogP contribution in [0.4, 0.5) is 5.82 Å². The summed E-state index contributed by atoms with van der Waals surface area (Å²) in [4.78, 5) is 8.47. The second-order valence-corrected chi connectivity index (χ2v) is 3.97. The Kier molecular flexibility index (Phi) is 2.64. The lowest BCUT2D eigenvalue weighted by molar-refractivity contribution is 0.379. The molecule has 0 bridgehead atoms. The highest BCUT2D eigenvalue weighted by atomic mass is 16.5. The Morgan fingerprint density at radius 3 is 2.94 bits per heavy atom. The van der Waals surface area contributed by atoms with Crippen molar-refractivity contribution in [1.82, 2.24) is 15.1 Å². The van der Waals surface area contributed by atoms with Gasteiger partial charge in [0.1, 0.15) is 5.82 Å². The number of benzene rings is 1. The monoisotopic (exact) mass is 240 g/mol. The first-order valence-electron chi connectivity index (χ1n) is 5.70. The lowest BCUT2D eigenvalue weighted by Gasteiger charge is -2.06. The molecule has 0 spiro atoms. The van der Waals surface area contributed by atoms with E-state index >= 15 is 0 Å². The molecule has 90 valence electrons. The van der Waals surface area contributed by atoms with Crippen LogP contribution in [0.15, 0.2) is 41.1 Å². The fourth-order valence-corrected chi connectivity index (χ4v) is 1.83. The zero-order valence-corrected chi connectivity index (χ0v) is 9.92. The number of nitrogens with one attached hydrogen (secondary N) is 1. The van der Waals surface area contributed by atoms with Crippen LogP contribution < -0.4 is 5.32 Å². The van der Waals surface area contributed by atoms with Gasteiger partial charge in [-0.05, 0) is 18.4 Å². The van der Waals surface area contributed by atoms with E-state index in [2.05, 4.69) is 26.5 Å². The Balaban J connectivity index is 1.86. The molecule has 1 aromatic carbocycles. The molecule has 2 heterocycles. The van der Waals surface area contributed by atoms with E-state index in [1.54, 1.807) is 13.1 Å². The average Bonchev–Trinajstić information content (AvgIpc) is 2.82. The second-order valence-electron chi connectivity index (χ2n) is 3.97. The molecule has 1 N–H and O–H groups in total. The Hall–Kier alpha value is -2.43. The average molecular weight is 240 g/mol. The number of fused-ring (bicyclic) bond motifs is 1. The van der Waals surface area contributed by atoms with Crippen molar-refractivity contribution in [3.8, 4) is 0 Å². The molecule has 3 aromatic rings. The molecule has 0 aliphatic carbocycles. The SMILES string of the molecule is Cc1noc(CNc2nccc3ccccc23)n1. The van der Waals surface area contributed by atoms with Crippen molar-refractivity contribution >= 4 is 16.6 Å². The summed E-state index contributed by atoms with van der Waals surface area (Å²) >= 11 is 0. The Bertz CT molecular complexity index is 672. The van der Waals surface area contributed by atoms with Crippen LogP contribution >= 0.6 is 0 Å². The van der Waals surface area contributed by atoms with Gasteiger partial charge in [-0.15, -0.1) is 0 Å². The molecule has 0 radical (unpaired) electrons. The molecular weight excluding hydrogens is 228 g/mol. The Morgan fingerprint density at radius 2 is 2.11 bits per heavy atom. The summed E-state index contributed by atoms with van der Waals surface area (Å²) in [5.41, 5.74) is 0. The van der Waals surface area contributed by atoms with Gasteiger partial charge in [-0.1, -0.05) is 29.4 Å². The van der Waals surface area contributed by atoms with Crippen LogP contribution in [-0.2, 0) is 6.54 Å². The van der Waals surface area contributed by atoms with Gasteiger partial charge in [0.2, 0.25) is 5.89 Å². The van der Waals surface area contributed by atoms with E-state index in [0.29, 0.717) is 18.3 Å². The van der Waals surface area contributed by atoms with E-state index in [4.69, 9.17) is 4.52 Å². The summed E-state index contributed by atoms with van der Waals surface area (Å²) in [5.74, 6) is 2.02. The van der Waals surface area contributed by atoms with Gasteiger partial charge in [-0.25, -0.2) is 4.98 Å². The summed E-state index contributed by atoms with van der Waals surface area (Å²) in [6, 6.07) is 10.1. The number of pyridine rings is 1. The van der Waals surface area contributed by atoms with Crippen molar-refractivity contribution in [2.75, 3.05) is 5.32 Å². The topological polar surface area (TPSA) is 63.8 Å². The van der Waals surface area contributed by atoms with Crippen LogP contribution in [0.25, 0.3) is 10.8 Å². The minimum absolute atomic E-state index is 0.474. The summed E-state index contributed by atoms with van der Waals surface area (Å²) in [6.07, 6.45) is 1.78. The first-order chi connectivity index (χ1) is 8.83. The minimum atomic E-state index is 0.474. The molecule has 0 amide bonds. The maximum absolute atomic E-state index is 5.05. The van der Waals surface area contributed by atoms with E-state index in [0.717, 1.165) is 16.6 Å². The number of nitrogens with zero attached hydrogens (tertiary/aromatic N) is 3. The van der Waals surface area contributed by atoms with Gasteiger partial charge in [0.25, 0.3) is 0 Å². The summed E-state index contributed by atoms with van der Waals surface area (Å²) in [7, 11) is 0. The summed E-state index contributed by atoms with van der Waals surface area (Å²) in [6.45, 7) is 2.27. The molecule has 0 fully saturated rings. The first-order valence-corrected chi connectivity index (χ1v) is 5.70. The lowest BCUT2D eigenvalue weighted by atomic mass is 10.1. The van der Waals surface area contributed by atoms with Crippen molar-refractivity contribution in [3.05, 3.63) is 48.2 Å². The number of rotatable bonds is 3. The highest BCUT2D eigenvalue weighted by molar-refractivity contribution is 5.91. The van der Waals surface area contributed by atoms with Gasteiger partial charge in [-0.2, -0.15) is 4.98 Å². The van der Waals surface area contributed by atoms with Gasteiger partial charge >= 0.3 is 0 Å². The lowest BCUT2D eigenvalue weighted by Crippen LogP contribution is -2.02. The molecule has 0 aliphatic heterocycles. The molecular formula is C13H12N4O. The fourth-order valence-electron chi connectivity index (χ4n) is 1.83. The van der Waals surface area contributed by atoms with Crippen molar-refractivity contribution in [2.24, 2.45) is 0 Å². The zero-order valence-electron chi connectivity index (χ0n) is 9.92. The highest BCUT2D eigenvalue weighted by Gasteiger charge is 2.05. The standard InChI is InChI=1S/C13H12N4O/c1-9-16-12(18-17-9)8-15-13-11-5-3-2-4-10(11)6-7-14-13/h2-7H,8H2,1H3,(H,14,15). The van der Waals surface area contributed by atoms with Gasteiger partial charge < -0.3 is 9.84 Å². The highest BCUT2D eigenvalue weighted by Crippen LogP contribution is 2.20. The summed E-state index contributed by atoms with van der Waals surface area (Å²) in [5, 5.41) is 9.18. The molecule has 0 unspecified atom stereocenters. The second kappa shape index (κ2) is 4.44. The largest absolute Gasteiger partial charge is 0.360 e. The molecule has 2 aromatic heterocycles. The van der Waals surface area contributed by atoms with Crippen LogP contribution in [0.5, 0.6) is 0 Å². The molecule has 5 nitrogen and oxygen atoms in total. The zero-order chi connectivity index (χ0) is 12.4. The normalized spacial score (nSPS) is 10.7. The molecule has 5 heteroatoms. The molecule has 18 heavy (non-hydrogen) atoms. The van der Waals surface area contributed by atoms with E-state index in [1.165, 1.54) is 0 Å². The van der Waals surface area contributed by atoms with Crippen LogP contribution in [0.2, 0.25) is 0 Å². The maximum Gasteiger partial charge on any atom is 0.245 e. The van der Waals surface area contributed by atoms with Crippen molar-refractivity contribution in [3.63, 3.8) is 0 Å². The minimum Gasteiger partial charge on any atom is -0.360 e. The van der Waals surface area contributed by atoms with Crippen LogP contribution in [0, 0.1) is 6.92 Å². The number of anilines is 1. The quantitative estimate of drug-likeness (QED) is 0.762. The van der Waals surface area contributed by atoms with Gasteiger partial charge in [0.15, 0.2) is 5.82 Å². The molecule has 0 atom stereocenters. The van der Waals surface area contributed by atoms with Crippen LogP contribution in [0.1, 0.15) is 11.7 Å². The first kappa shape index (κ1) is 10.7. The van der Waals surface area contributed by atoms with Gasteiger partial charge in [-0.3, -0.25) is 0 Å². The van der Waals surface area contributed by atoms with Crippen molar-refractivity contribution in [2.45, 2.75) is 13.5 Å². The third kappa shape index (κ3) is 2.02. The van der Waals surface area contributed by atoms with E-state index in [1.807, 2.05) is 24.3 Å². The summed E-state index contributed by atoms with van der Waals surface area (Å²) < 4.78 is 5.05. The smallest absolute Gasteiger partial charge is 0.245 e. The van der Waals surface area contributed by atoms with Crippen molar-refractivity contribution < 1.29 is 4.52 Å². The number of aromatic nitrogens is 3. The van der Waals surface area contributed by atoms with E-state index in [9.17, 15) is 0 Å². The number of hydrogen-bond acceptors (Lipinski definition) is 5. The van der Waals surface area contributed by atoms with Crippen LogP contribution in [0.3, 0.4) is 0 Å². The molecule has 3 rings (SSSR count). The van der Waals surface area contributed by atoms with Crippen LogP contribution in [-0.4, -0.2) is 15.1 Å². The van der Waals surface area contributed by atoms with Crippen molar-refractivity contribution in [1.29, 1.82) is 0 Å². The number of hydrogen-bond donors (Lipinski definition) is 1. The Labute approximate surface area is 104 Å². The molecule has 0 aliphatic rings. The predicted octanol–water partition coefficient (Wildman–Crippen LogP) is 2.54. The fraction of sp³-hybridized carbons (Fsp3) is 0.154. The van der Waals surface area contributed by atoms with Gasteiger partial charge in [0.05, 0.1) is 6.54 Å². The molecule has 0 saturated carbocycles. The third-order valence-corrected chi connectivity index (χ3v) is 2.65. The molecule has 0 saturated heterocycles. The van der Waals surface area contributed by atoms with Gasteiger partial charge in [0, 0.05) is 11.6 Å². The predicted molar refractivity (Wildman–Crippen MR) is 68.1 cm³/mol. The van der Waals surface area contributed by atoms with E-state index < -0.39 is 0 Å². The van der Waals surface area contributed by atoms with E-state index in [-0.39, 0.29) is 0 Å².